The van der Waals surface area contributed by atoms with E-state index in [9.17, 15) is 10.1 Å². The maximum absolute atomic E-state index is 12.7. The number of nitrogens with one attached hydrogen (secondary N) is 1. The van der Waals surface area contributed by atoms with Crippen molar-refractivity contribution in [2.75, 3.05) is 19.0 Å². The third-order valence-electron chi connectivity index (χ3n) is 5.27. The summed E-state index contributed by atoms with van der Waals surface area (Å²) in [6.07, 6.45) is 8.14. The van der Waals surface area contributed by atoms with Crippen molar-refractivity contribution in [3.05, 3.63) is 74.2 Å². The van der Waals surface area contributed by atoms with Crippen LogP contribution in [0, 0.1) is 11.3 Å². The SMILES string of the molecule is CCCCCCOc1ccc(/C=C(\C#N)C(=O)Nc2ncc(Cc3cc(Cl)ccc3Cl)s2)cc1OC. The zero-order chi connectivity index (χ0) is 25.9. The fourth-order valence-electron chi connectivity index (χ4n) is 3.40. The number of halogens is 2. The summed E-state index contributed by atoms with van der Waals surface area (Å²) in [5, 5.41) is 13.9. The van der Waals surface area contributed by atoms with Crippen molar-refractivity contribution in [3.8, 4) is 17.6 Å². The van der Waals surface area contributed by atoms with E-state index in [1.54, 1.807) is 49.7 Å². The molecular weight excluding hydrogens is 517 g/mol. The highest BCUT2D eigenvalue weighted by molar-refractivity contribution is 7.15. The van der Waals surface area contributed by atoms with E-state index in [2.05, 4.69) is 17.2 Å². The summed E-state index contributed by atoms with van der Waals surface area (Å²) in [6.45, 7) is 2.77. The van der Waals surface area contributed by atoms with Crippen molar-refractivity contribution >= 4 is 51.7 Å². The average molecular weight is 545 g/mol. The van der Waals surface area contributed by atoms with E-state index in [1.165, 1.54) is 30.3 Å². The van der Waals surface area contributed by atoms with E-state index in [-0.39, 0.29) is 5.57 Å². The molecule has 3 rings (SSSR count). The quantitative estimate of drug-likeness (QED) is 0.145. The van der Waals surface area contributed by atoms with Crippen LogP contribution in [0.2, 0.25) is 10.0 Å². The van der Waals surface area contributed by atoms with Crippen molar-refractivity contribution in [1.82, 2.24) is 4.98 Å². The summed E-state index contributed by atoms with van der Waals surface area (Å²) in [4.78, 5) is 17.9. The monoisotopic (exact) mass is 543 g/mol. The van der Waals surface area contributed by atoms with Crippen LogP contribution in [-0.2, 0) is 11.2 Å². The van der Waals surface area contributed by atoms with Gasteiger partial charge in [0.2, 0.25) is 0 Å². The molecule has 0 fully saturated rings. The third kappa shape index (κ3) is 7.99. The summed E-state index contributed by atoms with van der Waals surface area (Å²) >= 11 is 13.6. The van der Waals surface area contributed by atoms with Crippen LogP contribution >= 0.6 is 34.5 Å². The molecule has 0 radical (unpaired) electrons. The molecule has 0 saturated carbocycles. The van der Waals surface area contributed by atoms with Gasteiger partial charge in [-0.1, -0.05) is 55.5 Å². The fraction of sp³-hybridized carbons (Fsp3) is 0.296. The molecule has 3 aromatic rings. The number of ether oxygens (including phenoxy) is 2. The van der Waals surface area contributed by atoms with Crippen LogP contribution in [0.4, 0.5) is 5.13 Å². The van der Waals surface area contributed by atoms with E-state index in [1.807, 2.05) is 6.07 Å². The number of nitrogens with zero attached hydrogens (tertiary/aromatic N) is 2. The number of aromatic nitrogens is 1. The lowest BCUT2D eigenvalue weighted by Crippen LogP contribution is -2.13. The first-order valence-corrected chi connectivity index (χ1v) is 13.1. The van der Waals surface area contributed by atoms with Crippen molar-refractivity contribution in [3.63, 3.8) is 0 Å². The molecular formula is C27H27Cl2N3O3S. The Hall–Kier alpha value is -3.05. The number of hydrogen-bond acceptors (Lipinski definition) is 6. The second-order valence-corrected chi connectivity index (χ2v) is 9.95. The standard InChI is InChI=1S/C27H27Cl2N3O3S/c1-3-4-5-6-11-35-24-10-7-18(13-25(24)34-2)12-20(16-30)26(33)32-27-31-17-22(36-27)15-19-14-21(28)8-9-23(19)29/h7-10,12-14,17H,3-6,11,15H2,1-2H3,(H,31,32,33)/b20-12+. The summed E-state index contributed by atoms with van der Waals surface area (Å²) in [6, 6.07) is 12.5. The van der Waals surface area contributed by atoms with Crippen LogP contribution in [-0.4, -0.2) is 24.6 Å². The van der Waals surface area contributed by atoms with Gasteiger partial charge in [0.1, 0.15) is 11.6 Å². The van der Waals surface area contributed by atoms with Gasteiger partial charge in [0.05, 0.1) is 13.7 Å². The minimum absolute atomic E-state index is 0.0556. The predicted octanol–water partition coefficient (Wildman–Crippen LogP) is 7.55. The molecule has 2 aromatic carbocycles. The van der Waals surface area contributed by atoms with Gasteiger partial charge in [0.15, 0.2) is 16.6 Å². The van der Waals surface area contributed by atoms with E-state index >= 15 is 0 Å². The number of carbonyl (C=O) groups is 1. The molecule has 0 bridgehead atoms. The lowest BCUT2D eigenvalue weighted by Gasteiger charge is -2.11. The number of carbonyl (C=O) groups excluding carboxylic acids is 1. The highest BCUT2D eigenvalue weighted by Gasteiger charge is 2.14. The van der Waals surface area contributed by atoms with Crippen LogP contribution < -0.4 is 14.8 Å². The van der Waals surface area contributed by atoms with Crippen LogP contribution in [0.5, 0.6) is 11.5 Å². The van der Waals surface area contributed by atoms with Crippen LogP contribution in [0.3, 0.4) is 0 Å². The second-order valence-electron chi connectivity index (χ2n) is 7.99. The topological polar surface area (TPSA) is 84.2 Å². The van der Waals surface area contributed by atoms with Gasteiger partial charge < -0.3 is 9.47 Å². The molecule has 9 heteroatoms. The van der Waals surface area contributed by atoms with Gasteiger partial charge in [-0.2, -0.15) is 5.26 Å². The first-order valence-electron chi connectivity index (χ1n) is 11.6. The Labute approximate surface area is 225 Å². The summed E-state index contributed by atoms with van der Waals surface area (Å²) < 4.78 is 11.3. The molecule has 188 valence electrons. The zero-order valence-electron chi connectivity index (χ0n) is 20.1. The third-order valence-corrected chi connectivity index (χ3v) is 6.78. The Morgan fingerprint density at radius 1 is 1.17 bits per heavy atom. The van der Waals surface area contributed by atoms with Gasteiger partial charge in [0, 0.05) is 27.5 Å². The Kier molecular flexibility index (Phi) is 10.6. The number of methoxy groups -OCH3 is 1. The minimum Gasteiger partial charge on any atom is -0.493 e. The maximum Gasteiger partial charge on any atom is 0.268 e. The fourth-order valence-corrected chi connectivity index (χ4v) is 4.61. The second kappa shape index (κ2) is 13.9. The van der Waals surface area contributed by atoms with Crippen molar-refractivity contribution < 1.29 is 14.3 Å². The summed E-state index contributed by atoms with van der Waals surface area (Å²) in [5.41, 5.74) is 1.46. The number of rotatable bonds is 12. The number of benzene rings is 2. The van der Waals surface area contributed by atoms with Gasteiger partial charge >= 0.3 is 0 Å². The molecule has 36 heavy (non-hydrogen) atoms. The molecule has 6 nitrogen and oxygen atoms in total. The smallest absolute Gasteiger partial charge is 0.268 e. The van der Waals surface area contributed by atoms with E-state index in [0.717, 1.165) is 23.3 Å². The lowest BCUT2D eigenvalue weighted by atomic mass is 10.1. The Bertz CT molecular complexity index is 1270. The number of anilines is 1. The maximum atomic E-state index is 12.7. The zero-order valence-corrected chi connectivity index (χ0v) is 22.5. The van der Waals surface area contributed by atoms with Crippen molar-refractivity contribution in [2.24, 2.45) is 0 Å². The molecule has 1 amide bonds. The number of unbranched alkanes of at least 4 members (excludes halogenated alkanes) is 3. The molecule has 0 aliphatic carbocycles. The molecule has 0 unspecified atom stereocenters. The Morgan fingerprint density at radius 3 is 2.75 bits per heavy atom. The minimum atomic E-state index is -0.547. The Morgan fingerprint density at radius 2 is 2.00 bits per heavy atom. The molecule has 0 aliphatic rings. The number of nitriles is 1. The number of amides is 1. The van der Waals surface area contributed by atoms with E-state index in [0.29, 0.717) is 45.3 Å². The first kappa shape index (κ1) is 27.5. The van der Waals surface area contributed by atoms with E-state index < -0.39 is 5.91 Å². The van der Waals surface area contributed by atoms with Crippen LogP contribution in [0.15, 0.2) is 48.2 Å². The van der Waals surface area contributed by atoms with Crippen molar-refractivity contribution in [1.29, 1.82) is 5.26 Å². The normalized spacial score (nSPS) is 11.1. The van der Waals surface area contributed by atoms with Gasteiger partial charge in [-0.3, -0.25) is 10.1 Å². The molecule has 1 N–H and O–H groups in total. The predicted molar refractivity (Wildman–Crippen MR) is 146 cm³/mol. The van der Waals surface area contributed by atoms with Gasteiger partial charge in [-0.05, 0) is 54.0 Å². The molecule has 0 aliphatic heterocycles. The van der Waals surface area contributed by atoms with Gasteiger partial charge in [-0.15, -0.1) is 11.3 Å². The summed E-state index contributed by atoms with van der Waals surface area (Å²) in [7, 11) is 1.56. The first-order chi connectivity index (χ1) is 17.4. The molecule has 1 aromatic heterocycles. The average Bonchev–Trinajstić information content (AvgIpc) is 3.31. The number of thiazole rings is 1. The van der Waals surface area contributed by atoms with Crippen molar-refractivity contribution in [2.45, 2.75) is 39.0 Å². The van der Waals surface area contributed by atoms with Crippen LogP contribution in [0.1, 0.15) is 48.6 Å². The van der Waals surface area contributed by atoms with Gasteiger partial charge in [-0.25, -0.2) is 4.98 Å². The highest BCUT2D eigenvalue weighted by atomic mass is 35.5. The largest absolute Gasteiger partial charge is 0.493 e. The molecule has 0 spiro atoms. The van der Waals surface area contributed by atoms with E-state index in [4.69, 9.17) is 32.7 Å². The molecule has 1 heterocycles. The Balaban J connectivity index is 1.65. The highest BCUT2D eigenvalue weighted by Crippen LogP contribution is 2.30. The lowest BCUT2D eigenvalue weighted by molar-refractivity contribution is -0.112. The van der Waals surface area contributed by atoms with Gasteiger partial charge in [0.25, 0.3) is 5.91 Å². The van der Waals surface area contributed by atoms with Crippen LogP contribution in [0.25, 0.3) is 6.08 Å². The molecule has 0 saturated heterocycles. The number of hydrogen-bond donors (Lipinski definition) is 1. The molecule has 0 atom stereocenters. The summed E-state index contributed by atoms with van der Waals surface area (Å²) in [5.74, 6) is 0.625.